The lowest BCUT2D eigenvalue weighted by Gasteiger charge is -2.12. The standard InChI is InChI=1S/C21H18ClFN2O3S/c1-13(2)28-17-6-8-18(9-7-17)29(27)25-19-11-15(22)12-24-20(19)21(26)14-4-3-5-16(23)10-14/h3-13,25H,1-2H3. The molecule has 0 aliphatic carbocycles. The molecule has 0 radical (unpaired) electrons. The minimum Gasteiger partial charge on any atom is -0.491 e. The molecular weight excluding hydrogens is 415 g/mol. The van der Waals surface area contributed by atoms with E-state index in [4.69, 9.17) is 16.3 Å². The van der Waals surface area contributed by atoms with Gasteiger partial charge in [-0.3, -0.25) is 9.52 Å². The van der Waals surface area contributed by atoms with Gasteiger partial charge in [0.15, 0.2) is 0 Å². The molecule has 0 aliphatic heterocycles. The van der Waals surface area contributed by atoms with Gasteiger partial charge in [0.2, 0.25) is 5.78 Å². The van der Waals surface area contributed by atoms with Gasteiger partial charge in [0.1, 0.15) is 28.2 Å². The highest BCUT2D eigenvalue weighted by atomic mass is 35.5. The van der Waals surface area contributed by atoms with E-state index in [0.717, 1.165) is 6.07 Å². The molecule has 0 amide bonds. The number of ether oxygens (including phenoxy) is 1. The zero-order valence-electron chi connectivity index (χ0n) is 15.7. The molecule has 2 aromatic carbocycles. The van der Waals surface area contributed by atoms with Gasteiger partial charge in [-0.2, -0.15) is 0 Å². The van der Waals surface area contributed by atoms with Crippen LogP contribution in [0.5, 0.6) is 5.75 Å². The van der Waals surface area contributed by atoms with Gasteiger partial charge in [-0.25, -0.2) is 13.6 Å². The van der Waals surface area contributed by atoms with Crippen LogP contribution in [0.2, 0.25) is 5.02 Å². The first-order valence-electron chi connectivity index (χ1n) is 8.74. The first kappa shape index (κ1) is 21.0. The van der Waals surface area contributed by atoms with Gasteiger partial charge in [-0.15, -0.1) is 0 Å². The smallest absolute Gasteiger partial charge is 0.213 e. The van der Waals surface area contributed by atoms with Crippen LogP contribution < -0.4 is 9.46 Å². The van der Waals surface area contributed by atoms with Crippen molar-refractivity contribution in [3.63, 3.8) is 0 Å². The van der Waals surface area contributed by atoms with Gasteiger partial charge in [0.05, 0.1) is 21.7 Å². The Balaban J connectivity index is 1.86. The van der Waals surface area contributed by atoms with Crippen molar-refractivity contribution < 1.29 is 18.1 Å². The molecule has 5 nitrogen and oxygen atoms in total. The summed E-state index contributed by atoms with van der Waals surface area (Å²) in [6.45, 7) is 3.83. The number of halogens is 2. The molecule has 3 rings (SSSR count). The quantitative estimate of drug-likeness (QED) is 0.532. The monoisotopic (exact) mass is 432 g/mol. The third-order valence-corrected chi connectivity index (χ3v) is 5.08. The summed E-state index contributed by atoms with van der Waals surface area (Å²) in [4.78, 5) is 17.3. The summed E-state index contributed by atoms with van der Waals surface area (Å²) in [6, 6.07) is 13.5. The largest absolute Gasteiger partial charge is 0.491 e. The number of rotatable bonds is 7. The molecule has 1 heterocycles. The van der Waals surface area contributed by atoms with E-state index in [1.807, 2.05) is 13.8 Å². The van der Waals surface area contributed by atoms with Gasteiger partial charge in [0.25, 0.3) is 0 Å². The molecule has 3 aromatic rings. The van der Waals surface area contributed by atoms with Gasteiger partial charge in [0, 0.05) is 11.8 Å². The van der Waals surface area contributed by atoms with Crippen molar-refractivity contribution in [2.24, 2.45) is 0 Å². The number of ketones is 1. The third-order valence-electron chi connectivity index (χ3n) is 3.77. The highest BCUT2D eigenvalue weighted by Gasteiger charge is 2.18. The van der Waals surface area contributed by atoms with Gasteiger partial charge in [-0.1, -0.05) is 23.7 Å². The van der Waals surface area contributed by atoms with Crippen molar-refractivity contribution in [1.82, 2.24) is 4.98 Å². The van der Waals surface area contributed by atoms with Crippen LogP contribution >= 0.6 is 11.6 Å². The summed E-state index contributed by atoms with van der Waals surface area (Å²) in [5, 5.41) is 0.265. The molecule has 1 aromatic heterocycles. The summed E-state index contributed by atoms with van der Waals surface area (Å²) in [6.07, 6.45) is 1.33. The van der Waals surface area contributed by atoms with Crippen molar-refractivity contribution in [2.75, 3.05) is 4.72 Å². The number of anilines is 1. The summed E-state index contributed by atoms with van der Waals surface area (Å²) in [5.74, 6) is -0.389. The van der Waals surface area contributed by atoms with Gasteiger partial charge >= 0.3 is 0 Å². The summed E-state index contributed by atoms with van der Waals surface area (Å²) >= 11 is 6.00. The van der Waals surface area contributed by atoms with Crippen LogP contribution in [0.15, 0.2) is 65.7 Å². The van der Waals surface area contributed by atoms with Crippen LogP contribution in [0.25, 0.3) is 0 Å². The molecule has 150 valence electrons. The van der Waals surface area contributed by atoms with E-state index in [1.165, 1.54) is 30.5 Å². The Bertz CT molecular complexity index is 1060. The minimum atomic E-state index is -1.68. The number of nitrogens with zero attached hydrogens (tertiary/aromatic N) is 1. The molecule has 0 spiro atoms. The molecule has 0 fully saturated rings. The number of hydrogen-bond donors (Lipinski definition) is 1. The van der Waals surface area contributed by atoms with Crippen molar-refractivity contribution >= 4 is 34.1 Å². The third kappa shape index (κ3) is 5.40. The number of aromatic nitrogens is 1. The topological polar surface area (TPSA) is 68.3 Å². The average molecular weight is 433 g/mol. The van der Waals surface area contributed by atoms with Crippen LogP contribution in [0.3, 0.4) is 0 Å². The Labute approximate surface area is 175 Å². The van der Waals surface area contributed by atoms with Crippen LogP contribution in [0, 0.1) is 5.82 Å². The second-order valence-corrected chi connectivity index (χ2v) is 8.05. The van der Waals surface area contributed by atoms with Crippen LogP contribution in [0.4, 0.5) is 10.1 Å². The number of carbonyl (C=O) groups is 1. The average Bonchev–Trinajstić information content (AvgIpc) is 2.67. The molecule has 0 bridgehead atoms. The lowest BCUT2D eigenvalue weighted by atomic mass is 10.1. The Hall–Kier alpha value is -2.77. The van der Waals surface area contributed by atoms with E-state index in [1.54, 1.807) is 24.3 Å². The van der Waals surface area contributed by atoms with Crippen LogP contribution in [-0.2, 0) is 11.0 Å². The minimum absolute atomic E-state index is 0.00638. The van der Waals surface area contributed by atoms with Crippen molar-refractivity contribution in [3.05, 3.63) is 82.9 Å². The predicted molar refractivity (Wildman–Crippen MR) is 111 cm³/mol. The summed E-state index contributed by atoms with van der Waals surface area (Å²) < 4.78 is 34.6. The first-order valence-corrected chi connectivity index (χ1v) is 10.3. The number of benzene rings is 2. The second-order valence-electron chi connectivity index (χ2n) is 6.40. The van der Waals surface area contributed by atoms with Crippen molar-refractivity contribution in [1.29, 1.82) is 0 Å². The van der Waals surface area contributed by atoms with Crippen LogP contribution in [-0.4, -0.2) is 21.1 Å². The highest BCUT2D eigenvalue weighted by molar-refractivity contribution is 7.86. The fourth-order valence-corrected chi connectivity index (χ4v) is 3.55. The fourth-order valence-electron chi connectivity index (χ4n) is 2.54. The molecule has 29 heavy (non-hydrogen) atoms. The van der Waals surface area contributed by atoms with E-state index in [-0.39, 0.29) is 28.1 Å². The number of carbonyl (C=O) groups excluding carboxylic acids is 1. The zero-order chi connectivity index (χ0) is 21.0. The second kappa shape index (κ2) is 9.15. The fraction of sp³-hybridized carbons (Fsp3) is 0.143. The number of hydrogen-bond acceptors (Lipinski definition) is 4. The maximum Gasteiger partial charge on any atom is 0.213 e. The first-order chi connectivity index (χ1) is 13.8. The Kier molecular flexibility index (Phi) is 6.61. The normalized spacial score (nSPS) is 11.9. The molecule has 1 atom stereocenters. The molecule has 0 saturated heterocycles. The van der Waals surface area contributed by atoms with E-state index in [2.05, 4.69) is 9.71 Å². The molecule has 8 heteroatoms. The van der Waals surface area contributed by atoms with E-state index >= 15 is 0 Å². The Morgan fingerprint density at radius 3 is 2.55 bits per heavy atom. The lowest BCUT2D eigenvalue weighted by molar-refractivity contribution is 0.103. The van der Waals surface area contributed by atoms with Crippen LogP contribution in [0.1, 0.15) is 29.9 Å². The zero-order valence-corrected chi connectivity index (χ0v) is 17.3. The highest BCUT2D eigenvalue weighted by Crippen LogP contribution is 2.24. The van der Waals surface area contributed by atoms with Gasteiger partial charge < -0.3 is 4.74 Å². The number of nitrogens with one attached hydrogen (secondary N) is 1. The van der Waals surface area contributed by atoms with Crippen molar-refractivity contribution in [2.45, 2.75) is 24.8 Å². The predicted octanol–water partition coefficient (Wildman–Crippen LogP) is 5.03. The van der Waals surface area contributed by atoms with E-state index in [0.29, 0.717) is 10.6 Å². The van der Waals surface area contributed by atoms with Gasteiger partial charge in [-0.05, 0) is 56.3 Å². The van der Waals surface area contributed by atoms with Crippen molar-refractivity contribution in [3.8, 4) is 5.75 Å². The summed E-state index contributed by atoms with van der Waals surface area (Å²) in [5.41, 5.74) is 0.310. The molecule has 0 saturated carbocycles. The molecule has 0 aliphatic rings. The maximum atomic E-state index is 13.5. The molecular formula is C21H18ClFN2O3S. The lowest BCUT2D eigenvalue weighted by Crippen LogP contribution is -2.12. The Morgan fingerprint density at radius 2 is 1.90 bits per heavy atom. The van der Waals surface area contributed by atoms with E-state index < -0.39 is 22.6 Å². The number of pyridine rings is 1. The SMILES string of the molecule is CC(C)Oc1ccc(S(=O)Nc2cc(Cl)cnc2C(=O)c2cccc(F)c2)cc1. The molecule has 1 unspecified atom stereocenters. The summed E-state index contributed by atoms with van der Waals surface area (Å²) in [7, 11) is -1.68. The Morgan fingerprint density at radius 1 is 1.17 bits per heavy atom. The maximum absolute atomic E-state index is 13.5. The van der Waals surface area contributed by atoms with E-state index in [9.17, 15) is 13.4 Å². The molecule has 1 N–H and O–H groups in total.